The van der Waals surface area contributed by atoms with Gasteiger partial charge in [-0.15, -0.1) is 0 Å². The Morgan fingerprint density at radius 3 is 2.51 bits per heavy atom. The van der Waals surface area contributed by atoms with Crippen molar-refractivity contribution in [1.82, 2.24) is 4.57 Å². The Kier molecular flexibility index (Phi) is 9.84. The Bertz CT molecular complexity index is 2280. The highest BCUT2D eigenvalue weighted by molar-refractivity contribution is 9.10. The molecule has 6 rings (SSSR count). The van der Waals surface area contributed by atoms with E-state index in [-0.39, 0.29) is 29.8 Å². The van der Waals surface area contributed by atoms with Crippen molar-refractivity contribution in [3.63, 3.8) is 0 Å². The molecule has 11 heteroatoms. The third kappa shape index (κ3) is 6.81. The molecule has 5 aromatic rings. The van der Waals surface area contributed by atoms with Crippen LogP contribution in [0.25, 0.3) is 23.1 Å². The number of aromatic nitrogens is 1. The number of aryl methyl sites for hydroxylation is 1. The minimum Gasteiger partial charge on any atom is -0.496 e. The van der Waals surface area contributed by atoms with Crippen molar-refractivity contribution in [2.75, 3.05) is 13.7 Å². The fraction of sp³-hybridized carbons (Fsp3) is 0.211. The second-order valence-electron chi connectivity index (χ2n) is 11.5. The van der Waals surface area contributed by atoms with E-state index in [1.165, 1.54) is 15.9 Å². The minimum atomic E-state index is -0.907. The summed E-state index contributed by atoms with van der Waals surface area (Å²) in [7, 11) is 1.55. The van der Waals surface area contributed by atoms with E-state index in [0.717, 1.165) is 15.6 Å². The van der Waals surface area contributed by atoms with Gasteiger partial charge >= 0.3 is 11.9 Å². The monoisotopic (exact) mass is 740 g/mol. The summed E-state index contributed by atoms with van der Waals surface area (Å²) in [4.78, 5) is 45.8. The summed E-state index contributed by atoms with van der Waals surface area (Å²) in [6.45, 7) is 7.38. The lowest BCUT2D eigenvalue weighted by Gasteiger charge is -2.27. The summed E-state index contributed by atoms with van der Waals surface area (Å²) < 4.78 is 25.5. The van der Waals surface area contributed by atoms with E-state index in [4.69, 9.17) is 23.6 Å². The second-order valence-corrected chi connectivity index (χ2v) is 13.4. The molecule has 1 aliphatic heterocycles. The van der Waals surface area contributed by atoms with Gasteiger partial charge in [-0.3, -0.25) is 9.36 Å². The Morgan fingerprint density at radius 1 is 1.04 bits per heavy atom. The number of fused-ring (bicyclic) bond motifs is 1. The van der Waals surface area contributed by atoms with Crippen molar-refractivity contribution in [1.29, 1.82) is 0 Å². The maximum Gasteiger partial charge on any atom is 0.338 e. The Morgan fingerprint density at radius 2 is 1.82 bits per heavy atom. The van der Waals surface area contributed by atoms with Gasteiger partial charge in [0.1, 0.15) is 23.3 Å². The summed E-state index contributed by atoms with van der Waals surface area (Å²) in [5.41, 5.74) is 3.67. The highest BCUT2D eigenvalue weighted by atomic mass is 79.9. The number of hydrogen-bond donors (Lipinski definition) is 0. The van der Waals surface area contributed by atoms with Crippen molar-refractivity contribution in [3.8, 4) is 17.1 Å². The van der Waals surface area contributed by atoms with Gasteiger partial charge in [-0.05, 0) is 75.7 Å². The van der Waals surface area contributed by atoms with Gasteiger partial charge in [0.15, 0.2) is 4.80 Å². The number of hydrogen-bond acceptors (Lipinski definition) is 9. The Hall–Kier alpha value is -5.00. The van der Waals surface area contributed by atoms with Crippen molar-refractivity contribution in [2.24, 2.45) is 4.99 Å². The van der Waals surface area contributed by atoms with Crippen LogP contribution in [0.1, 0.15) is 59.6 Å². The molecule has 0 radical (unpaired) electrons. The first-order chi connectivity index (χ1) is 23.6. The number of furan rings is 1. The van der Waals surface area contributed by atoms with Crippen LogP contribution in [-0.2, 0) is 14.3 Å². The molecule has 0 N–H and O–H groups in total. The maximum absolute atomic E-state index is 14.3. The average Bonchev–Trinajstić information content (AvgIpc) is 3.67. The number of benzene rings is 3. The molecule has 9 nitrogen and oxygen atoms in total. The zero-order valence-corrected chi connectivity index (χ0v) is 29.9. The molecule has 49 heavy (non-hydrogen) atoms. The molecule has 3 heterocycles. The molecule has 250 valence electrons. The number of carbonyl (C=O) groups excluding carboxylic acids is 2. The average molecular weight is 742 g/mol. The molecular weight excluding hydrogens is 708 g/mol. The van der Waals surface area contributed by atoms with Gasteiger partial charge in [0.05, 0.1) is 41.2 Å². The number of rotatable bonds is 9. The number of carbonyl (C=O) groups is 2. The number of halogens is 1. The number of methoxy groups -OCH3 is 1. The standard InChI is InChI=1S/C38H33BrN2O7S/c1-6-46-37(44)32-33(23-10-8-7-9-11-23)40-38-41(34(32)28-19-25(39)13-16-29(28)45-5)35(42)31(49-38)20-26-14-17-30(48-26)27-15-12-24(18-22(27)4)36(43)47-21(2)3/h7-21,34H,6H2,1-5H3/b31-20-/t34-/m1/s1. The topological polar surface area (TPSA) is 109 Å². The molecule has 3 aromatic carbocycles. The molecule has 1 aliphatic rings. The van der Waals surface area contributed by atoms with Crippen LogP contribution in [0.15, 0.2) is 103 Å². The van der Waals surface area contributed by atoms with Crippen molar-refractivity contribution >= 4 is 51.0 Å². The SMILES string of the molecule is CCOC(=O)C1=C(c2ccccc2)N=c2s/c(=C\c3ccc(-c4ccc(C(=O)OC(C)C)cc4C)o3)c(=O)n2[C@@H]1c1cc(Br)ccc1OC. The van der Waals surface area contributed by atoms with Gasteiger partial charge in [0.2, 0.25) is 0 Å². The van der Waals surface area contributed by atoms with Crippen LogP contribution < -0.4 is 19.6 Å². The number of esters is 2. The summed E-state index contributed by atoms with van der Waals surface area (Å²) in [6, 6.07) is 22.8. The van der Waals surface area contributed by atoms with Gasteiger partial charge in [-0.1, -0.05) is 63.7 Å². The van der Waals surface area contributed by atoms with E-state index in [2.05, 4.69) is 15.9 Å². The smallest absolute Gasteiger partial charge is 0.338 e. The largest absolute Gasteiger partial charge is 0.496 e. The molecule has 0 saturated carbocycles. The molecule has 0 aliphatic carbocycles. The number of nitrogens with zero attached hydrogens (tertiary/aromatic N) is 2. The number of ether oxygens (including phenoxy) is 3. The van der Waals surface area contributed by atoms with Gasteiger partial charge in [0.25, 0.3) is 5.56 Å². The highest BCUT2D eigenvalue weighted by Gasteiger charge is 2.37. The summed E-state index contributed by atoms with van der Waals surface area (Å²) in [5.74, 6) is 0.551. The second kappa shape index (κ2) is 14.2. The normalized spacial score (nSPS) is 14.4. The minimum absolute atomic E-state index is 0.141. The molecule has 2 aromatic heterocycles. The van der Waals surface area contributed by atoms with Gasteiger partial charge in [-0.2, -0.15) is 0 Å². The Balaban J connectivity index is 1.50. The molecule has 0 fully saturated rings. The van der Waals surface area contributed by atoms with Crippen molar-refractivity contribution in [3.05, 3.63) is 137 Å². The molecule has 1 atom stereocenters. The molecular formula is C38H33BrN2O7S. The van der Waals surface area contributed by atoms with Gasteiger partial charge in [0, 0.05) is 27.2 Å². The quantitative estimate of drug-likeness (QED) is 0.152. The third-order valence-corrected chi connectivity index (χ3v) is 9.31. The van der Waals surface area contributed by atoms with Crippen LogP contribution in [0.2, 0.25) is 0 Å². The summed E-state index contributed by atoms with van der Waals surface area (Å²) in [5, 5.41) is 0. The van der Waals surface area contributed by atoms with E-state index in [0.29, 0.717) is 49.0 Å². The van der Waals surface area contributed by atoms with Crippen LogP contribution in [0.4, 0.5) is 0 Å². The summed E-state index contributed by atoms with van der Waals surface area (Å²) >= 11 is 4.75. The van der Waals surface area contributed by atoms with Gasteiger partial charge in [-0.25, -0.2) is 14.6 Å². The molecule has 0 bridgehead atoms. The molecule has 0 saturated heterocycles. The number of thiazole rings is 1. The Labute approximate surface area is 294 Å². The molecule has 0 spiro atoms. The van der Waals surface area contributed by atoms with Gasteiger partial charge < -0.3 is 18.6 Å². The zero-order chi connectivity index (χ0) is 34.8. The lowest BCUT2D eigenvalue weighted by atomic mass is 9.92. The highest BCUT2D eigenvalue weighted by Crippen LogP contribution is 2.40. The molecule has 0 amide bonds. The summed E-state index contributed by atoms with van der Waals surface area (Å²) in [6.07, 6.45) is 1.45. The predicted molar refractivity (Wildman–Crippen MR) is 191 cm³/mol. The van der Waals surface area contributed by atoms with E-state index in [1.54, 1.807) is 58.2 Å². The van der Waals surface area contributed by atoms with Crippen LogP contribution in [0.3, 0.4) is 0 Å². The van der Waals surface area contributed by atoms with E-state index in [9.17, 15) is 14.4 Å². The van der Waals surface area contributed by atoms with Crippen molar-refractivity contribution < 1.29 is 28.2 Å². The van der Waals surface area contributed by atoms with Crippen LogP contribution in [0, 0.1) is 6.92 Å². The van der Waals surface area contributed by atoms with Crippen LogP contribution in [-0.4, -0.2) is 36.3 Å². The molecule has 0 unspecified atom stereocenters. The van der Waals surface area contributed by atoms with E-state index in [1.807, 2.05) is 61.5 Å². The van der Waals surface area contributed by atoms with Crippen LogP contribution >= 0.6 is 27.3 Å². The predicted octanol–water partition coefficient (Wildman–Crippen LogP) is 6.84. The first kappa shape index (κ1) is 33.9. The van der Waals surface area contributed by atoms with Crippen molar-refractivity contribution in [2.45, 2.75) is 39.8 Å². The third-order valence-electron chi connectivity index (χ3n) is 7.83. The van der Waals surface area contributed by atoms with Crippen LogP contribution in [0.5, 0.6) is 5.75 Å². The van der Waals surface area contributed by atoms with E-state index >= 15 is 0 Å². The maximum atomic E-state index is 14.3. The fourth-order valence-electron chi connectivity index (χ4n) is 5.71. The van der Waals surface area contributed by atoms with E-state index < -0.39 is 12.0 Å². The lowest BCUT2D eigenvalue weighted by molar-refractivity contribution is -0.138. The first-order valence-corrected chi connectivity index (χ1v) is 17.2. The fourth-order valence-corrected chi connectivity index (χ4v) is 7.07. The lowest BCUT2D eigenvalue weighted by Crippen LogP contribution is -2.40. The first-order valence-electron chi connectivity index (χ1n) is 15.6. The zero-order valence-electron chi connectivity index (χ0n) is 27.5.